The van der Waals surface area contributed by atoms with E-state index in [1.807, 2.05) is 19.1 Å². The van der Waals surface area contributed by atoms with Gasteiger partial charge < -0.3 is 11.1 Å². The highest BCUT2D eigenvalue weighted by molar-refractivity contribution is 8.00. The highest BCUT2D eigenvalue weighted by Crippen LogP contribution is 2.26. The number of amides is 1. The molecule has 0 aliphatic carbocycles. The first-order chi connectivity index (χ1) is 9.95. The number of anilines is 2. The van der Waals surface area contributed by atoms with Crippen molar-refractivity contribution in [2.45, 2.75) is 18.7 Å². The Hall–Kier alpha value is -1.65. The van der Waals surface area contributed by atoms with Crippen LogP contribution < -0.4 is 11.1 Å². The molecule has 0 aliphatic heterocycles. The lowest BCUT2D eigenvalue weighted by Gasteiger charge is -2.09. The number of carbonyl (C=O) groups excluding carboxylic acids is 1. The molecule has 2 aromatic carbocycles. The zero-order valence-electron chi connectivity index (χ0n) is 11.9. The third-order valence-corrected chi connectivity index (χ3v) is 4.44. The van der Waals surface area contributed by atoms with Gasteiger partial charge in [-0.1, -0.05) is 29.3 Å². The van der Waals surface area contributed by atoms with Crippen molar-refractivity contribution in [2.24, 2.45) is 0 Å². The molecule has 110 valence electrons. The van der Waals surface area contributed by atoms with E-state index in [1.165, 1.54) is 22.9 Å². The normalized spacial score (nSPS) is 10.4. The smallest absolute Gasteiger partial charge is 0.234 e. The summed E-state index contributed by atoms with van der Waals surface area (Å²) < 4.78 is 0. The largest absolute Gasteiger partial charge is 0.399 e. The molecule has 0 spiro atoms. The summed E-state index contributed by atoms with van der Waals surface area (Å²) in [5.74, 6) is 0.247. The van der Waals surface area contributed by atoms with Crippen LogP contribution in [-0.2, 0) is 4.79 Å². The molecular weight excluding hydrogens is 304 g/mol. The van der Waals surface area contributed by atoms with Gasteiger partial charge in [-0.25, -0.2) is 0 Å². The molecule has 1 amide bonds. The summed E-state index contributed by atoms with van der Waals surface area (Å²) in [6.45, 7) is 4.10. The van der Waals surface area contributed by atoms with E-state index in [0.29, 0.717) is 22.2 Å². The molecule has 3 N–H and O–H groups in total. The van der Waals surface area contributed by atoms with Crippen molar-refractivity contribution >= 4 is 40.6 Å². The molecule has 21 heavy (non-hydrogen) atoms. The number of hydrogen-bond acceptors (Lipinski definition) is 3. The average Bonchev–Trinajstić information content (AvgIpc) is 2.41. The Morgan fingerprint density at radius 2 is 2.00 bits per heavy atom. The third-order valence-electron chi connectivity index (χ3n) is 2.96. The Morgan fingerprint density at radius 1 is 1.24 bits per heavy atom. The van der Waals surface area contributed by atoms with Crippen molar-refractivity contribution in [1.82, 2.24) is 0 Å². The number of rotatable bonds is 4. The number of nitrogens with two attached hydrogens (primary N) is 1. The number of thioether (sulfide) groups is 1. The topological polar surface area (TPSA) is 55.1 Å². The maximum atomic E-state index is 12.0. The summed E-state index contributed by atoms with van der Waals surface area (Å²) in [6, 6.07) is 11.2. The summed E-state index contributed by atoms with van der Waals surface area (Å²) in [5.41, 5.74) is 9.17. The van der Waals surface area contributed by atoms with Crippen molar-refractivity contribution in [3.63, 3.8) is 0 Å². The van der Waals surface area contributed by atoms with Crippen LogP contribution in [0.2, 0.25) is 5.02 Å². The monoisotopic (exact) mass is 320 g/mol. The molecule has 0 heterocycles. The summed E-state index contributed by atoms with van der Waals surface area (Å²) in [5, 5.41) is 3.24. The zero-order chi connectivity index (χ0) is 15.4. The Labute approximate surface area is 133 Å². The first kappa shape index (κ1) is 15.7. The summed E-state index contributed by atoms with van der Waals surface area (Å²) in [7, 11) is 0. The second kappa shape index (κ2) is 6.87. The van der Waals surface area contributed by atoms with Crippen molar-refractivity contribution in [3.05, 3.63) is 52.5 Å². The molecule has 0 aromatic heterocycles. The van der Waals surface area contributed by atoms with E-state index in [1.54, 1.807) is 18.2 Å². The number of carbonyl (C=O) groups is 1. The second-order valence-corrected chi connectivity index (χ2v) is 6.27. The summed E-state index contributed by atoms with van der Waals surface area (Å²) in [4.78, 5) is 13.1. The number of nitrogens with one attached hydrogen (secondary N) is 1. The van der Waals surface area contributed by atoms with Crippen molar-refractivity contribution in [3.8, 4) is 0 Å². The van der Waals surface area contributed by atoms with Gasteiger partial charge in [0.1, 0.15) is 0 Å². The second-order valence-electron chi connectivity index (χ2n) is 4.85. The van der Waals surface area contributed by atoms with E-state index in [-0.39, 0.29) is 5.91 Å². The first-order valence-electron chi connectivity index (χ1n) is 6.50. The molecule has 0 aliphatic rings. The highest BCUT2D eigenvalue weighted by atomic mass is 35.5. The molecule has 3 nitrogen and oxygen atoms in total. The average molecular weight is 321 g/mol. The molecule has 0 saturated heterocycles. The standard InChI is InChI=1S/C16H17ClN2OS/c1-10-3-6-15(11(2)7-10)21-9-16(20)19-14-5-4-12(18)8-13(14)17/h3-8H,9,18H2,1-2H3,(H,19,20). The fourth-order valence-electron chi connectivity index (χ4n) is 1.92. The summed E-state index contributed by atoms with van der Waals surface area (Å²) >= 11 is 7.54. The lowest BCUT2D eigenvalue weighted by atomic mass is 10.2. The van der Waals surface area contributed by atoms with Crippen molar-refractivity contribution in [1.29, 1.82) is 0 Å². The predicted octanol–water partition coefficient (Wildman–Crippen LogP) is 4.27. The molecule has 0 bridgehead atoms. The number of nitrogen functional groups attached to an aromatic ring is 1. The number of aryl methyl sites for hydroxylation is 2. The van der Waals surface area contributed by atoms with E-state index in [0.717, 1.165) is 4.90 Å². The van der Waals surface area contributed by atoms with E-state index < -0.39 is 0 Å². The Balaban J connectivity index is 1.96. The van der Waals surface area contributed by atoms with Gasteiger partial charge in [-0.3, -0.25) is 4.79 Å². The van der Waals surface area contributed by atoms with Gasteiger partial charge in [-0.05, 0) is 43.7 Å². The lowest BCUT2D eigenvalue weighted by Crippen LogP contribution is -2.14. The van der Waals surface area contributed by atoms with E-state index in [2.05, 4.69) is 18.3 Å². The molecule has 0 unspecified atom stereocenters. The molecule has 0 fully saturated rings. The quantitative estimate of drug-likeness (QED) is 0.653. The van der Waals surface area contributed by atoms with Crippen LogP contribution in [0.5, 0.6) is 0 Å². The first-order valence-corrected chi connectivity index (χ1v) is 7.87. The number of halogens is 1. The molecular formula is C16H17ClN2OS. The Bertz CT molecular complexity index is 673. The molecule has 2 rings (SSSR count). The third kappa shape index (κ3) is 4.41. The fraction of sp³-hybridized carbons (Fsp3) is 0.188. The lowest BCUT2D eigenvalue weighted by molar-refractivity contribution is -0.113. The van der Waals surface area contributed by atoms with Gasteiger partial charge in [0, 0.05) is 10.6 Å². The zero-order valence-corrected chi connectivity index (χ0v) is 13.5. The fourth-order valence-corrected chi connectivity index (χ4v) is 2.97. The minimum Gasteiger partial charge on any atom is -0.399 e. The highest BCUT2D eigenvalue weighted by Gasteiger charge is 2.08. The minimum atomic E-state index is -0.0911. The van der Waals surface area contributed by atoms with Gasteiger partial charge in [0.05, 0.1) is 16.5 Å². The molecule has 0 radical (unpaired) electrons. The minimum absolute atomic E-state index is 0.0911. The SMILES string of the molecule is Cc1ccc(SCC(=O)Nc2ccc(N)cc2Cl)c(C)c1. The van der Waals surface area contributed by atoms with Gasteiger partial charge in [0.15, 0.2) is 0 Å². The molecule has 2 aromatic rings. The van der Waals surface area contributed by atoms with Crippen LogP contribution in [0.25, 0.3) is 0 Å². The Morgan fingerprint density at radius 3 is 2.67 bits per heavy atom. The van der Waals surface area contributed by atoms with Crippen molar-refractivity contribution in [2.75, 3.05) is 16.8 Å². The van der Waals surface area contributed by atoms with Crippen LogP contribution >= 0.6 is 23.4 Å². The van der Waals surface area contributed by atoms with Gasteiger partial charge in [0.2, 0.25) is 5.91 Å². The van der Waals surface area contributed by atoms with Crippen LogP contribution in [0.1, 0.15) is 11.1 Å². The van der Waals surface area contributed by atoms with E-state index >= 15 is 0 Å². The van der Waals surface area contributed by atoms with E-state index in [9.17, 15) is 4.79 Å². The van der Waals surface area contributed by atoms with Gasteiger partial charge in [-0.2, -0.15) is 0 Å². The van der Waals surface area contributed by atoms with Gasteiger partial charge in [0.25, 0.3) is 0 Å². The Kier molecular flexibility index (Phi) is 5.15. The van der Waals surface area contributed by atoms with Crippen LogP contribution in [0.15, 0.2) is 41.3 Å². The van der Waals surface area contributed by atoms with Gasteiger partial charge in [-0.15, -0.1) is 11.8 Å². The number of benzene rings is 2. The van der Waals surface area contributed by atoms with E-state index in [4.69, 9.17) is 17.3 Å². The molecule has 0 saturated carbocycles. The van der Waals surface area contributed by atoms with Crippen molar-refractivity contribution < 1.29 is 4.79 Å². The van der Waals surface area contributed by atoms with Crippen LogP contribution in [-0.4, -0.2) is 11.7 Å². The van der Waals surface area contributed by atoms with Crippen LogP contribution in [0.3, 0.4) is 0 Å². The van der Waals surface area contributed by atoms with Crippen LogP contribution in [0.4, 0.5) is 11.4 Å². The summed E-state index contributed by atoms with van der Waals surface area (Å²) in [6.07, 6.45) is 0. The molecule has 5 heteroatoms. The number of hydrogen-bond donors (Lipinski definition) is 2. The van der Waals surface area contributed by atoms with Gasteiger partial charge >= 0.3 is 0 Å². The maximum absolute atomic E-state index is 12.0. The predicted molar refractivity (Wildman–Crippen MR) is 91.1 cm³/mol. The molecule has 0 atom stereocenters. The van der Waals surface area contributed by atoms with Crippen LogP contribution in [0, 0.1) is 13.8 Å². The maximum Gasteiger partial charge on any atom is 0.234 e.